The van der Waals surface area contributed by atoms with Gasteiger partial charge >= 0.3 is 0 Å². The predicted octanol–water partition coefficient (Wildman–Crippen LogP) is 3.04. The molecule has 8 nitrogen and oxygen atoms in total. The van der Waals surface area contributed by atoms with Crippen molar-refractivity contribution in [3.05, 3.63) is 54.4 Å². The van der Waals surface area contributed by atoms with E-state index in [0.717, 1.165) is 29.6 Å². The van der Waals surface area contributed by atoms with Crippen molar-refractivity contribution >= 4 is 28.5 Å². The minimum absolute atomic E-state index is 0.0714. The smallest absolute Gasteiger partial charge is 0.249 e. The lowest BCUT2D eigenvalue weighted by Gasteiger charge is -2.18. The van der Waals surface area contributed by atoms with Crippen molar-refractivity contribution in [3.63, 3.8) is 0 Å². The van der Waals surface area contributed by atoms with E-state index in [0.29, 0.717) is 18.1 Å². The van der Waals surface area contributed by atoms with E-state index in [1.807, 2.05) is 35.8 Å². The van der Waals surface area contributed by atoms with Crippen LogP contribution in [0.15, 0.2) is 48.5 Å². The third-order valence-corrected chi connectivity index (χ3v) is 5.33. The van der Waals surface area contributed by atoms with Crippen molar-refractivity contribution < 1.29 is 19.1 Å². The minimum Gasteiger partial charge on any atom is -0.497 e. The van der Waals surface area contributed by atoms with Gasteiger partial charge in [0.15, 0.2) is 0 Å². The molecule has 2 unspecified atom stereocenters. The van der Waals surface area contributed by atoms with Crippen LogP contribution in [-0.2, 0) is 20.9 Å². The van der Waals surface area contributed by atoms with Crippen LogP contribution >= 0.6 is 0 Å². The molecule has 162 valence electrons. The number of amides is 2. The summed E-state index contributed by atoms with van der Waals surface area (Å²) in [5.41, 5.74) is 2.28. The first-order chi connectivity index (χ1) is 15.0. The Labute approximate surface area is 180 Å². The number of anilines is 1. The molecule has 0 bridgehead atoms. The van der Waals surface area contributed by atoms with E-state index in [2.05, 4.69) is 15.6 Å². The van der Waals surface area contributed by atoms with Crippen molar-refractivity contribution in [3.8, 4) is 5.75 Å². The van der Waals surface area contributed by atoms with Crippen LogP contribution in [0.3, 0.4) is 0 Å². The summed E-state index contributed by atoms with van der Waals surface area (Å²) >= 11 is 0. The first-order valence-corrected chi connectivity index (χ1v) is 10.4. The van der Waals surface area contributed by atoms with Crippen molar-refractivity contribution in [2.24, 2.45) is 0 Å². The highest BCUT2D eigenvalue weighted by molar-refractivity contribution is 5.92. The normalized spacial score (nSPS) is 16.8. The van der Waals surface area contributed by atoms with E-state index >= 15 is 0 Å². The molecular formula is C23H26N4O4. The Bertz CT molecular complexity index is 1070. The summed E-state index contributed by atoms with van der Waals surface area (Å²) in [5, 5.41) is 5.88. The van der Waals surface area contributed by atoms with E-state index in [4.69, 9.17) is 9.47 Å². The van der Waals surface area contributed by atoms with Gasteiger partial charge < -0.3 is 24.7 Å². The maximum atomic E-state index is 12.8. The Hall–Kier alpha value is -3.39. The number of rotatable bonds is 7. The second-order valence-corrected chi connectivity index (χ2v) is 7.55. The molecule has 2 heterocycles. The average Bonchev–Trinajstić information content (AvgIpc) is 3.43. The van der Waals surface area contributed by atoms with Gasteiger partial charge in [0.2, 0.25) is 11.8 Å². The summed E-state index contributed by atoms with van der Waals surface area (Å²) in [6, 6.07) is 14.4. The van der Waals surface area contributed by atoms with Crippen LogP contribution in [0.1, 0.15) is 31.6 Å². The fraction of sp³-hybridized carbons (Fsp3) is 0.348. The largest absolute Gasteiger partial charge is 0.497 e. The van der Waals surface area contributed by atoms with Crippen LogP contribution in [0, 0.1) is 0 Å². The number of ether oxygens (including phenoxy) is 2. The highest BCUT2D eigenvalue weighted by Gasteiger charge is 2.27. The molecular weight excluding hydrogens is 396 g/mol. The Morgan fingerprint density at radius 3 is 2.71 bits per heavy atom. The second kappa shape index (κ2) is 9.18. The van der Waals surface area contributed by atoms with Gasteiger partial charge in [0.1, 0.15) is 24.2 Å². The van der Waals surface area contributed by atoms with Gasteiger partial charge in [0.05, 0.1) is 24.2 Å². The Balaban J connectivity index is 1.54. The molecule has 31 heavy (non-hydrogen) atoms. The minimum atomic E-state index is -0.418. The summed E-state index contributed by atoms with van der Waals surface area (Å²) < 4.78 is 12.5. The third kappa shape index (κ3) is 4.69. The van der Waals surface area contributed by atoms with Crippen LogP contribution in [0.4, 0.5) is 5.69 Å². The van der Waals surface area contributed by atoms with Crippen molar-refractivity contribution in [1.29, 1.82) is 0 Å². The molecule has 0 saturated carbocycles. The number of carbonyl (C=O) groups excluding carboxylic acids is 2. The number of hydrogen-bond donors (Lipinski definition) is 2. The SMILES string of the molecule is COc1ccc(NC(=O)Cn2c(C(C)NC(=O)C3CCCO3)nc3ccccc32)cc1. The zero-order valence-corrected chi connectivity index (χ0v) is 17.6. The first kappa shape index (κ1) is 20.9. The molecule has 0 aliphatic carbocycles. The Kier molecular flexibility index (Phi) is 6.18. The predicted molar refractivity (Wildman–Crippen MR) is 117 cm³/mol. The zero-order chi connectivity index (χ0) is 21.8. The van der Waals surface area contributed by atoms with Crippen molar-refractivity contribution in [2.45, 2.75) is 38.5 Å². The standard InChI is InChI=1S/C23H26N4O4/c1-15(24-23(29)20-8-5-13-31-20)22-26-18-6-3-4-7-19(18)27(22)14-21(28)25-16-9-11-17(30-2)12-10-16/h3-4,6-7,9-12,15,20H,5,8,13-14H2,1-2H3,(H,24,29)(H,25,28). The molecule has 1 aromatic heterocycles. The molecule has 1 aliphatic heterocycles. The average molecular weight is 422 g/mol. The molecule has 2 amide bonds. The van der Waals surface area contributed by atoms with Gasteiger partial charge in [0.25, 0.3) is 0 Å². The summed E-state index contributed by atoms with van der Waals surface area (Å²) in [7, 11) is 1.60. The lowest BCUT2D eigenvalue weighted by atomic mass is 10.2. The molecule has 1 saturated heterocycles. The molecule has 2 atom stereocenters. The number of methoxy groups -OCH3 is 1. The number of nitrogens with zero attached hydrogens (tertiary/aromatic N) is 2. The second-order valence-electron chi connectivity index (χ2n) is 7.55. The molecule has 2 N–H and O–H groups in total. The van der Waals surface area contributed by atoms with Crippen molar-refractivity contribution in [2.75, 3.05) is 19.0 Å². The number of imidazole rings is 1. The lowest BCUT2D eigenvalue weighted by molar-refractivity contribution is -0.130. The molecule has 1 aliphatic rings. The zero-order valence-electron chi connectivity index (χ0n) is 17.6. The van der Waals surface area contributed by atoms with Gasteiger partial charge in [-0.15, -0.1) is 0 Å². The monoisotopic (exact) mass is 422 g/mol. The number of nitrogens with one attached hydrogen (secondary N) is 2. The summed E-state index contributed by atoms with van der Waals surface area (Å²) in [6.07, 6.45) is 1.19. The summed E-state index contributed by atoms with van der Waals surface area (Å²) in [4.78, 5) is 30.0. The first-order valence-electron chi connectivity index (χ1n) is 10.4. The fourth-order valence-electron chi connectivity index (χ4n) is 3.76. The van der Waals surface area contributed by atoms with Crippen LogP contribution in [0.25, 0.3) is 11.0 Å². The van der Waals surface area contributed by atoms with E-state index in [9.17, 15) is 9.59 Å². The van der Waals surface area contributed by atoms with Gasteiger partial charge in [-0.05, 0) is 56.2 Å². The Morgan fingerprint density at radius 2 is 2.00 bits per heavy atom. The maximum Gasteiger partial charge on any atom is 0.249 e. The highest BCUT2D eigenvalue weighted by Crippen LogP contribution is 2.22. The Morgan fingerprint density at radius 1 is 1.23 bits per heavy atom. The van der Waals surface area contributed by atoms with Crippen LogP contribution in [0.5, 0.6) is 5.75 Å². The van der Waals surface area contributed by atoms with Gasteiger partial charge in [-0.2, -0.15) is 0 Å². The van der Waals surface area contributed by atoms with E-state index < -0.39 is 6.10 Å². The molecule has 2 aromatic carbocycles. The molecule has 4 rings (SSSR count). The van der Waals surface area contributed by atoms with Crippen LogP contribution in [0.2, 0.25) is 0 Å². The maximum absolute atomic E-state index is 12.8. The lowest BCUT2D eigenvalue weighted by Crippen LogP contribution is -2.37. The number of fused-ring (bicyclic) bond motifs is 1. The van der Waals surface area contributed by atoms with E-state index in [-0.39, 0.29) is 24.4 Å². The highest BCUT2D eigenvalue weighted by atomic mass is 16.5. The summed E-state index contributed by atoms with van der Waals surface area (Å²) in [5.74, 6) is 1.01. The molecule has 1 fully saturated rings. The van der Waals surface area contributed by atoms with Gasteiger partial charge in [0, 0.05) is 12.3 Å². The van der Waals surface area contributed by atoms with Crippen molar-refractivity contribution in [1.82, 2.24) is 14.9 Å². The number of carbonyl (C=O) groups is 2. The van der Waals surface area contributed by atoms with E-state index in [1.165, 1.54) is 0 Å². The van der Waals surface area contributed by atoms with Gasteiger partial charge in [-0.1, -0.05) is 12.1 Å². The molecule has 0 radical (unpaired) electrons. The van der Waals surface area contributed by atoms with E-state index in [1.54, 1.807) is 31.4 Å². The van der Waals surface area contributed by atoms with Crippen LogP contribution < -0.4 is 15.4 Å². The van der Waals surface area contributed by atoms with Gasteiger partial charge in [-0.25, -0.2) is 4.98 Å². The van der Waals surface area contributed by atoms with Gasteiger partial charge in [-0.3, -0.25) is 9.59 Å². The fourth-order valence-corrected chi connectivity index (χ4v) is 3.76. The third-order valence-electron chi connectivity index (χ3n) is 5.33. The molecule has 0 spiro atoms. The summed E-state index contributed by atoms with van der Waals surface area (Å²) in [6.45, 7) is 2.55. The number of hydrogen-bond acceptors (Lipinski definition) is 5. The quantitative estimate of drug-likeness (QED) is 0.610. The number of benzene rings is 2. The number of aromatic nitrogens is 2. The molecule has 8 heteroatoms. The molecule has 3 aromatic rings. The topological polar surface area (TPSA) is 94.5 Å². The number of para-hydroxylation sites is 2. The van der Waals surface area contributed by atoms with Crippen LogP contribution in [-0.4, -0.2) is 41.2 Å².